The van der Waals surface area contributed by atoms with Gasteiger partial charge in [-0.05, 0) is 5.56 Å². The van der Waals surface area contributed by atoms with Gasteiger partial charge in [0.15, 0.2) is 0 Å². The van der Waals surface area contributed by atoms with Crippen molar-refractivity contribution in [2.24, 2.45) is 0 Å². The van der Waals surface area contributed by atoms with Gasteiger partial charge in [0.05, 0.1) is 19.3 Å². The lowest BCUT2D eigenvalue weighted by molar-refractivity contribution is -0.247. The monoisotopic (exact) mass is 267 g/mol. The minimum atomic E-state index is -3.11. The first-order valence-corrected chi connectivity index (χ1v) is 6.04. The molecule has 4 nitrogen and oxygen atoms in total. The zero-order valence-electron chi connectivity index (χ0n) is 10.6. The fourth-order valence-electron chi connectivity index (χ4n) is 1.53. The summed E-state index contributed by atoms with van der Waals surface area (Å²) in [6, 6.07) is 9.71. The van der Waals surface area contributed by atoms with Gasteiger partial charge in [-0.15, -0.1) is 5.10 Å². The van der Waals surface area contributed by atoms with E-state index in [1.807, 2.05) is 30.3 Å². The van der Waals surface area contributed by atoms with Crippen LogP contribution in [-0.4, -0.2) is 21.1 Å². The lowest BCUT2D eigenvalue weighted by Gasteiger charge is -2.12. The van der Waals surface area contributed by atoms with E-state index in [9.17, 15) is 8.78 Å². The van der Waals surface area contributed by atoms with Crippen LogP contribution in [0, 0.1) is 0 Å². The molecule has 1 aromatic heterocycles. The molecule has 0 aliphatic heterocycles. The lowest BCUT2D eigenvalue weighted by atomic mass is 10.2. The minimum absolute atomic E-state index is 0.240. The molecule has 0 spiro atoms. The first kappa shape index (κ1) is 13.6. The molecule has 0 radical (unpaired) electrons. The van der Waals surface area contributed by atoms with E-state index in [2.05, 4.69) is 15.0 Å². The summed E-state index contributed by atoms with van der Waals surface area (Å²) in [6.07, 6.45) is -1.85. The quantitative estimate of drug-likeness (QED) is 0.808. The second kappa shape index (κ2) is 5.88. The van der Waals surface area contributed by atoms with E-state index in [0.717, 1.165) is 5.56 Å². The Balaban J connectivity index is 1.92. The second-order valence-electron chi connectivity index (χ2n) is 4.17. The SMILES string of the molecule is CCC(F)(F)OCc1cn(Cc2ccccc2)nn1. The smallest absolute Gasteiger partial charge is 0.314 e. The third kappa shape index (κ3) is 4.10. The van der Waals surface area contributed by atoms with Gasteiger partial charge in [-0.2, -0.15) is 8.78 Å². The van der Waals surface area contributed by atoms with E-state index in [1.165, 1.54) is 6.92 Å². The Labute approximate surface area is 110 Å². The lowest BCUT2D eigenvalue weighted by Crippen LogP contribution is -2.19. The van der Waals surface area contributed by atoms with Gasteiger partial charge in [-0.25, -0.2) is 4.68 Å². The Kier molecular flexibility index (Phi) is 4.21. The van der Waals surface area contributed by atoms with Crippen LogP contribution in [0.15, 0.2) is 36.5 Å². The van der Waals surface area contributed by atoms with Gasteiger partial charge in [0.25, 0.3) is 0 Å². The van der Waals surface area contributed by atoms with Crippen molar-refractivity contribution in [3.8, 4) is 0 Å². The molecule has 0 fully saturated rings. The molecule has 2 aromatic rings. The van der Waals surface area contributed by atoms with Gasteiger partial charge >= 0.3 is 6.11 Å². The number of aromatic nitrogens is 3. The highest BCUT2D eigenvalue weighted by Gasteiger charge is 2.27. The van der Waals surface area contributed by atoms with Gasteiger partial charge < -0.3 is 4.74 Å². The first-order chi connectivity index (χ1) is 9.09. The Bertz CT molecular complexity index is 514. The van der Waals surface area contributed by atoms with Gasteiger partial charge in [-0.1, -0.05) is 42.5 Å². The molecule has 1 heterocycles. The van der Waals surface area contributed by atoms with Crippen LogP contribution >= 0.6 is 0 Å². The molecule has 6 heteroatoms. The highest BCUT2D eigenvalue weighted by molar-refractivity contribution is 5.14. The number of hydrogen-bond acceptors (Lipinski definition) is 3. The molecule has 1 aromatic carbocycles. The number of alkyl halides is 2. The van der Waals surface area contributed by atoms with Crippen LogP contribution in [0.25, 0.3) is 0 Å². The molecule has 0 bridgehead atoms. The summed E-state index contributed by atoms with van der Waals surface area (Å²) in [5.41, 5.74) is 1.46. The summed E-state index contributed by atoms with van der Waals surface area (Å²) in [5, 5.41) is 7.68. The molecule has 19 heavy (non-hydrogen) atoms. The Hall–Kier alpha value is -1.82. The van der Waals surface area contributed by atoms with Crippen LogP contribution in [-0.2, 0) is 17.9 Å². The van der Waals surface area contributed by atoms with Crippen LogP contribution in [0.2, 0.25) is 0 Å². The molecule has 0 saturated heterocycles. The Morgan fingerprint density at radius 1 is 1.26 bits per heavy atom. The van der Waals surface area contributed by atoms with Crippen molar-refractivity contribution in [3.05, 3.63) is 47.8 Å². The summed E-state index contributed by atoms with van der Waals surface area (Å²) in [6.45, 7) is 1.68. The molecular weight excluding hydrogens is 252 g/mol. The third-order valence-corrected chi connectivity index (χ3v) is 2.62. The average Bonchev–Trinajstić information content (AvgIpc) is 2.86. The van der Waals surface area contributed by atoms with Crippen LogP contribution < -0.4 is 0 Å². The van der Waals surface area contributed by atoms with Crippen molar-refractivity contribution in [1.82, 2.24) is 15.0 Å². The summed E-state index contributed by atoms with van der Waals surface area (Å²) >= 11 is 0. The van der Waals surface area contributed by atoms with Gasteiger partial charge in [0.1, 0.15) is 5.69 Å². The third-order valence-electron chi connectivity index (χ3n) is 2.62. The predicted octanol–water partition coefficient (Wildman–Crippen LogP) is 2.85. The van der Waals surface area contributed by atoms with Crippen LogP contribution in [0.4, 0.5) is 8.78 Å². The maximum absolute atomic E-state index is 12.9. The molecule has 0 aliphatic carbocycles. The van der Waals surface area contributed by atoms with E-state index in [4.69, 9.17) is 0 Å². The highest BCUT2D eigenvalue weighted by atomic mass is 19.3. The Morgan fingerprint density at radius 3 is 2.68 bits per heavy atom. The Morgan fingerprint density at radius 2 is 2.00 bits per heavy atom. The van der Waals surface area contributed by atoms with Crippen LogP contribution in [0.1, 0.15) is 24.6 Å². The molecule has 0 unspecified atom stereocenters. The van der Waals surface area contributed by atoms with E-state index in [0.29, 0.717) is 12.2 Å². The zero-order valence-corrected chi connectivity index (χ0v) is 10.6. The fourth-order valence-corrected chi connectivity index (χ4v) is 1.53. The van der Waals surface area contributed by atoms with E-state index in [-0.39, 0.29) is 13.0 Å². The van der Waals surface area contributed by atoms with Crippen molar-refractivity contribution < 1.29 is 13.5 Å². The molecular formula is C13H15F2N3O. The molecule has 0 atom stereocenters. The largest absolute Gasteiger partial charge is 0.355 e. The molecule has 102 valence electrons. The molecule has 2 rings (SSSR count). The molecule has 0 N–H and O–H groups in total. The van der Waals surface area contributed by atoms with Crippen molar-refractivity contribution in [1.29, 1.82) is 0 Å². The fraction of sp³-hybridized carbons (Fsp3) is 0.385. The van der Waals surface area contributed by atoms with Crippen molar-refractivity contribution >= 4 is 0 Å². The number of halogens is 2. The normalized spacial score (nSPS) is 11.7. The maximum Gasteiger partial charge on any atom is 0.355 e. The van der Waals surface area contributed by atoms with Crippen molar-refractivity contribution in [2.45, 2.75) is 32.6 Å². The number of ether oxygens (including phenoxy) is 1. The van der Waals surface area contributed by atoms with Crippen molar-refractivity contribution in [2.75, 3.05) is 0 Å². The summed E-state index contributed by atoms with van der Waals surface area (Å²) in [7, 11) is 0. The summed E-state index contributed by atoms with van der Waals surface area (Å²) in [4.78, 5) is 0. The number of hydrogen-bond donors (Lipinski definition) is 0. The molecule has 0 aliphatic rings. The average molecular weight is 267 g/mol. The van der Waals surface area contributed by atoms with Crippen LogP contribution in [0.3, 0.4) is 0 Å². The van der Waals surface area contributed by atoms with Crippen LogP contribution in [0.5, 0.6) is 0 Å². The second-order valence-corrected chi connectivity index (χ2v) is 4.17. The number of rotatable bonds is 6. The first-order valence-electron chi connectivity index (χ1n) is 6.04. The minimum Gasteiger partial charge on any atom is -0.314 e. The van der Waals surface area contributed by atoms with E-state index < -0.39 is 6.11 Å². The number of nitrogens with zero attached hydrogens (tertiary/aromatic N) is 3. The standard InChI is InChI=1S/C13H15F2N3O/c1-2-13(14,15)19-10-12-9-18(17-16-12)8-11-6-4-3-5-7-11/h3-7,9H,2,8,10H2,1H3. The highest BCUT2D eigenvalue weighted by Crippen LogP contribution is 2.20. The van der Waals surface area contributed by atoms with E-state index in [1.54, 1.807) is 10.9 Å². The molecule has 0 saturated carbocycles. The van der Waals surface area contributed by atoms with Gasteiger partial charge in [-0.3, -0.25) is 0 Å². The number of benzene rings is 1. The summed E-state index contributed by atoms with van der Waals surface area (Å²) < 4.78 is 31.9. The predicted molar refractivity (Wildman–Crippen MR) is 65.6 cm³/mol. The van der Waals surface area contributed by atoms with Gasteiger partial charge in [0.2, 0.25) is 0 Å². The van der Waals surface area contributed by atoms with E-state index >= 15 is 0 Å². The van der Waals surface area contributed by atoms with Gasteiger partial charge in [0, 0.05) is 6.42 Å². The zero-order chi connectivity index (χ0) is 13.7. The maximum atomic E-state index is 12.9. The topological polar surface area (TPSA) is 39.9 Å². The molecule has 0 amide bonds. The van der Waals surface area contributed by atoms with Crippen molar-refractivity contribution in [3.63, 3.8) is 0 Å². The summed E-state index contributed by atoms with van der Waals surface area (Å²) in [5.74, 6) is 0.